The van der Waals surface area contributed by atoms with Crippen LogP contribution in [-0.2, 0) is 6.54 Å². The van der Waals surface area contributed by atoms with Crippen molar-refractivity contribution < 1.29 is 9.18 Å². The van der Waals surface area contributed by atoms with E-state index in [0.717, 1.165) is 42.7 Å². The van der Waals surface area contributed by atoms with E-state index < -0.39 is 0 Å². The molecule has 0 spiro atoms. The van der Waals surface area contributed by atoms with Crippen LogP contribution in [0.15, 0.2) is 54.0 Å². The van der Waals surface area contributed by atoms with Crippen molar-refractivity contribution in [2.24, 2.45) is 0 Å². The summed E-state index contributed by atoms with van der Waals surface area (Å²) in [7, 11) is 0. The van der Waals surface area contributed by atoms with Crippen molar-refractivity contribution in [1.82, 2.24) is 15.3 Å². The zero-order valence-electron chi connectivity index (χ0n) is 15.2. The number of carbonyl (C=O) groups excluding carboxylic acids is 1. The molecule has 1 aliphatic heterocycles. The van der Waals surface area contributed by atoms with Gasteiger partial charge in [-0.05, 0) is 36.4 Å². The Labute approximate surface area is 166 Å². The molecule has 1 amide bonds. The van der Waals surface area contributed by atoms with E-state index in [1.54, 1.807) is 23.7 Å². The van der Waals surface area contributed by atoms with Crippen molar-refractivity contribution in [3.8, 4) is 0 Å². The third-order valence-corrected chi connectivity index (χ3v) is 5.52. The second-order valence-corrected chi connectivity index (χ2v) is 7.31. The minimum atomic E-state index is -0.223. The second-order valence-electron chi connectivity index (χ2n) is 6.47. The van der Waals surface area contributed by atoms with Crippen molar-refractivity contribution in [3.05, 3.63) is 71.2 Å². The Kier molecular flexibility index (Phi) is 5.48. The molecule has 1 saturated heterocycles. The van der Waals surface area contributed by atoms with E-state index in [1.807, 2.05) is 18.2 Å². The Morgan fingerprint density at radius 1 is 1.07 bits per heavy atom. The molecule has 3 heterocycles. The maximum absolute atomic E-state index is 13.1. The molecule has 1 N–H and O–H groups in total. The van der Waals surface area contributed by atoms with Gasteiger partial charge in [-0.1, -0.05) is 6.07 Å². The predicted octanol–water partition coefficient (Wildman–Crippen LogP) is 2.93. The van der Waals surface area contributed by atoms with E-state index in [9.17, 15) is 9.18 Å². The molecule has 1 fully saturated rings. The molecule has 1 aromatic carbocycles. The van der Waals surface area contributed by atoms with Crippen LogP contribution in [0.1, 0.15) is 16.2 Å². The van der Waals surface area contributed by atoms with Crippen LogP contribution in [0.4, 0.5) is 15.2 Å². The average Bonchev–Trinajstić information content (AvgIpc) is 3.24. The summed E-state index contributed by atoms with van der Waals surface area (Å²) in [6.45, 7) is 3.64. The van der Waals surface area contributed by atoms with Crippen molar-refractivity contribution in [2.45, 2.75) is 6.54 Å². The van der Waals surface area contributed by atoms with E-state index >= 15 is 0 Å². The Balaban J connectivity index is 1.32. The summed E-state index contributed by atoms with van der Waals surface area (Å²) in [6, 6.07) is 12.2. The van der Waals surface area contributed by atoms with Gasteiger partial charge in [0.15, 0.2) is 5.13 Å². The SMILES string of the molecule is O=C(NCc1ccccn1)c1csc(N2CCN(c3ccc(F)cc3)CC2)n1. The molecule has 0 saturated carbocycles. The number of carbonyl (C=O) groups is 1. The van der Waals surface area contributed by atoms with E-state index in [2.05, 4.69) is 25.1 Å². The fraction of sp³-hybridized carbons (Fsp3) is 0.250. The lowest BCUT2D eigenvalue weighted by Crippen LogP contribution is -2.46. The summed E-state index contributed by atoms with van der Waals surface area (Å²) < 4.78 is 13.1. The molecule has 0 bridgehead atoms. The van der Waals surface area contributed by atoms with Crippen LogP contribution < -0.4 is 15.1 Å². The zero-order valence-corrected chi connectivity index (χ0v) is 16.0. The lowest BCUT2D eigenvalue weighted by atomic mass is 10.2. The van der Waals surface area contributed by atoms with E-state index in [0.29, 0.717) is 12.2 Å². The van der Waals surface area contributed by atoms with Gasteiger partial charge < -0.3 is 15.1 Å². The average molecular weight is 397 g/mol. The molecule has 2 aromatic heterocycles. The van der Waals surface area contributed by atoms with Crippen molar-refractivity contribution in [2.75, 3.05) is 36.0 Å². The topological polar surface area (TPSA) is 61.4 Å². The first-order chi connectivity index (χ1) is 13.7. The fourth-order valence-electron chi connectivity index (χ4n) is 3.09. The first-order valence-corrected chi connectivity index (χ1v) is 9.96. The van der Waals surface area contributed by atoms with E-state index in [-0.39, 0.29) is 11.7 Å². The van der Waals surface area contributed by atoms with Crippen molar-refractivity contribution in [3.63, 3.8) is 0 Å². The number of anilines is 2. The van der Waals surface area contributed by atoms with Crippen LogP contribution >= 0.6 is 11.3 Å². The van der Waals surface area contributed by atoms with Crippen LogP contribution in [0.25, 0.3) is 0 Å². The summed E-state index contributed by atoms with van der Waals surface area (Å²) in [5.41, 5.74) is 2.26. The number of thiazole rings is 1. The predicted molar refractivity (Wildman–Crippen MR) is 108 cm³/mol. The normalized spacial score (nSPS) is 14.2. The minimum absolute atomic E-state index is 0.196. The number of amides is 1. The summed E-state index contributed by atoms with van der Waals surface area (Å²) in [5.74, 6) is -0.419. The van der Waals surface area contributed by atoms with Gasteiger partial charge in [-0.3, -0.25) is 9.78 Å². The molecule has 3 aromatic rings. The summed E-state index contributed by atoms with van der Waals surface area (Å²) in [5, 5.41) is 5.49. The van der Waals surface area contributed by atoms with Crippen molar-refractivity contribution in [1.29, 1.82) is 0 Å². The fourth-order valence-corrected chi connectivity index (χ4v) is 3.95. The highest BCUT2D eigenvalue weighted by Gasteiger charge is 2.21. The Bertz CT molecular complexity index is 923. The molecular formula is C20H20FN5OS. The summed E-state index contributed by atoms with van der Waals surface area (Å²) in [4.78, 5) is 25.4. The molecule has 6 nitrogen and oxygen atoms in total. The van der Waals surface area contributed by atoms with Gasteiger partial charge in [0.05, 0.1) is 12.2 Å². The molecule has 1 aliphatic rings. The number of aromatic nitrogens is 2. The monoisotopic (exact) mass is 397 g/mol. The number of piperazine rings is 1. The smallest absolute Gasteiger partial charge is 0.271 e. The van der Waals surface area contributed by atoms with Crippen LogP contribution in [0, 0.1) is 5.82 Å². The van der Waals surface area contributed by atoms with Gasteiger partial charge in [0.25, 0.3) is 5.91 Å². The first kappa shape index (κ1) is 18.4. The number of rotatable bonds is 5. The number of hydrogen-bond acceptors (Lipinski definition) is 6. The summed E-state index contributed by atoms with van der Waals surface area (Å²) >= 11 is 1.48. The second kappa shape index (κ2) is 8.35. The van der Waals surface area contributed by atoms with Gasteiger partial charge in [-0.15, -0.1) is 11.3 Å². The number of nitrogens with zero attached hydrogens (tertiary/aromatic N) is 4. The molecular weight excluding hydrogens is 377 g/mol. The minimum Gasteiger partial charge on any atom is -0.368 e. The van der Waals surface area contributed by atoms with Crippen LogP contribution in [0.5, 0.6) is 0 Å². The molecule has 4 rings (SSSR count). The zero-order chi connectivity index (χ0) is 19.3. The third-order valence-electron chi connectivity index (χ3n) is 4.62. The number of hydrogen-bond donors (Lipinski definition) is 1. The molecule has 0 unspecified atom stereocenters. The highest BCUT2D eigenvalue weighted by atomic mass is 32.1. The number of halogens is 1. The third kappa shape index (κ3) is 4.28. The van der Waals surface area contributed by atoms with Gasteiger partial charge in [0, 0.05) is 43.4 Å². The van der Waals surface area contributed by atoms with E-state index in [4.69, 9.17) is 0 Å². The Morgan fingerprint density at radius 2 is 1.82 bits per heavy atom. The number of pyridine rings is 1. The van der Waals surface area contributed by atoms with Crippen LogP contribution in [0.2, 0.25) is 0 Å². The molecule has 28 heavy (non-hydrogen) atoms. The van der Waals surface area contributed by atoms with Crippen molar-refractivity contribution >= 4 is 28.1 Å². The van der Waals surface area contributed by atoms with E-state index in [1.165, 1.54) is 23.5 Å². The standard InChI is InChI=1S/C20H20FN5OS/c21-15-4-6-17(7-5-15)25-9-11-26(12-10-25)20-24-18(14-28-20)19(27)23-13-16-3-1-2-8-22-16/h1-8,14H,9-13H2,(H,23,27). The van der Waals surface area contributed by atoms with Crippen LogP contribution in [0.3, 0.4) is 0 Å². The Morgan fingerprint density at radius 3 is 2.54 bits per heavy atom. The van der Waals surface area contributed by atoms with Gasteiger partial charge in [-0.25, -0.2) is 9.37 Å². The maximum Gasteiger partial charge on any atom is 0.271 e. The lowest BCUT2D eigenvalue weighted by Gasteiger charge is -2.36. The Hall–Kier alpha value is -3.00. The van der Waals surface area contributed by atoms with Gasteiger partial charge >= 0.3 is 0 Å². The largest absolute Gasteiger partial charge is 0.368 e. The quantitative estimate of drug-likeness (QED) is 0.717. The maximum atomic E-state index is 13.1. The highest BCUT2D eigenvalue weighted by molar-refractivity contribution is 7.13. The molecule has 0 atom stereocenters. The molecule has 0 radical (unpaired) electrons. The van der Waals surface area contributed by atoms with Crippen LogP contribution in [-0.4, -0.2) is 42.1 Å². The summed E-state index contributed by atoms with van der Waals surface area (Å²) in [6.07, 6.45) is 1.70. The highest BCUT2D eigenvalue weighted by Crippen LogP contribution is 2.24. The van der Waals surface area contributed by atoms with Gasteiger partial charge in [0.2, 0.25) is 0 Å². The molecule has 0 aliphatic carbocycles. The number of benzene rings is 1. The first-order valence-electron chi connectivity index (χ1n) is 9.08. The molecule has 144 valence electrons. The number of nitrogens with one attached hydrogen (secondary N) is 1. The van der Waals surface area contributed by atoms with Gasteiger partial charge in [0.1, 0.15) is 11.5 Å². The molecule has 8 heteroatoms. The lowest BCUT2D eigenvalue weighted by molar-refractivity contribution is 0.0946. The van der Waals surface area contributed by atoms with Gasteiger partial charge in [-0.2, -0.15) is 0 Å².